The highest BCUT2D eigenvalue weighted by Crippen LogP contribution is 2.31. The van der Waals surface area contributed by atoms with Crippen molar-refractivity contribution in [2.75, 3.05) is 43.1 Å². The Kier molecular flexibility index (Phi) is 4.92. The zero-order valence-corrected chi connectivity index (χ0v) is 14.3. The van der Waals surface area contributed by atoms with Gasteiger partial charge in [0, 0.05) is 37.9 Å². The summed E-state index contributed by atoms with van der Waals surface area (Å²) in [5.74, 6) is -0.384. The van der Waals surface area contributed by atoms with Gasteiger partial charge in [-0.1, -0.05) is 0 Å². The van der Waals surface area contributed by atoms with Crippen molar-refractivity contribution < 1.29 is 19.6 Å². The van der Waals surface area contributed by atoms with E-state index >= 15 is 0 Å². The Labute approximate surface area is 150 Å². The van der Waals surface area contributed by atoms with Gasteiger partial charge in [0.05, 0.1) is 17.6 Å². The van der Waals surface area contributed by atoms with Gasteiger partial charge in [0.15, 0.2) is 0 Å². The normalized spacial score (nSPS) is 14.2. The molecule has 0 bridgehead atoms. The smallest absolute Gasteiger partial charge is 0.335 e. The predicted molar refractivity (Wildman–Crippen MR) is 97.5 cm³/mol. The number of benzene rings is 2. The first-order chi connectivity index (χ1) is 12.5. The summed E-state index contributed by atoms with van der Waals surface area (Å²) in [6.45, 7) is 2.65. The molecule has 0 unspecified atom stereocenters. The van der Waals surface area contributed by atoms with Crippen molar-refractivity contribution in [1.29, 1.82) is 0 Å². The van der Waals surface area contributed by atoms with E-state index in [0.717, 1.165) is 17.5 Å². The number of nitrogens with zero attached hydrogens (tertiary/aromatic N) is 3. The average Bonchev–Trinajstić information content (AvgIpc) is 2.67. The lowest BCUT2D eigenvalue weighted by atomic mass is 10.1. The van der Waals surface area contributed by atoms with E-state index in [1.54, 1.807) is 7.11 Å². The molecule has 0 saturated carbocycles. The van der Waals surface area contributed by atoms with Crippen molar-refractivity contribution in [3.8, 4) is 5.75 Å². The van der Waals surface area contributed by atoms with E-state index in [0.29, 0.717) is 31.9 Å². The number of hydrogen-bond acceptors (Lipinski definition) is 6. The van der Waals surface area contributed by atoms with E-state index in [1.807, 2.05) is 29.2 Å². The minimum Gasteiger partial charge on any atom is -0.497 e. The first-order valence-electron chi connectivity index (χ1n) is 8.15. The molecule has 0 radical (unpaired) electrons. The van der Waals surface area contributed by atoms with E-state index in [2.05, 4.69) is 4.90 Å². The summed E-state index contributed by atoms with van der Waals surface area (Å²) in [7, 11) is 1.62. The summed E-state index contributed by atoms with van der Waals surface area (Å²) < 4.78 is 5.16. The molecule has 26 heavy (non-hydrogen) atoms. The third kappa shape index (κ3) is 3.53. The zero-order chi connectivity index (χ0) is 18.7. The minimum atomic E-state index is -1.18. The first kappa shape index (κ1) is 17.5. The Morgan fingerprint density at radius 3 is 2.23 bits per heavy atom. The monoisotopic (exact) mass is 357 g/mol. The zero-order valence-electron chi connectivity index (χ0n) is 14.3. The second-order valence-electron chi connectivity index (χ2n) is 5.94. The number of carboxylic acids is 1. The third-order valence-corrected chi connectivity index (χ3v) is 4.48. The van der Waals surface area contributed by atoms with Gasteiger partial charge in [0.1, 0.15) is 11.4 Å². The van der Waals surface area contributed by atoms with Crippen LogP contribution < -0.4 is 14.5 Å². The van der Waals surface area contributed by atoms with Crippen LogP contribution in [0.15, 0.2) is 42.5 Å². The molecular weight excluding hydrogens is 338 g/mol. The van der Waals surface area contributed by atoms with E-state index in [1.165, 1.54) is 12.1 Å². The third-order valence-electron chi connectivity index (χ3n) is 4.48. The average molecular weight is 357 g/mol. The fraction of sp³-hybridized carbons (Fsp3) is 0.278. The topological polar surface area (TPSA) is 96.2 Å². The minimum absolute atomic E-state index is 0.0858. The molecule has 8 heteroatoms. The first-order valence-corrected chi connectivity index (χ1v) is 8.15. The van der Waals surface area contributed by atoms with E-state index in [9.17, 15) is 14.9 Å². The number of rotatable bonds is 5. The van der Waals surface area contributed by atoms with Crippen molar-refractivity contribution in [2.24, 2.45) is 0 Å². The van der Waals surface area contributed by atoms with Crippen LogP contribution in [0.3, 0.4) is 0 Å². The van der Waals surface area contributed by atoms with Gasteiger partial charge in [-0.2, -0.15) is 0 Å². The number of hydrogen-bond donors (Lipinski definition) is 1. The highest BCUT2D eigenvalue weighted by Gasteiger charge is 2.25. The molecule has 1 fully saturated rings. The standard InChI is InChI=1S/C18H19N3O5/c1-26-15-5-3-14(4-6-15)19-8-10-20(11-9-19)16-7-2-13(18(22)23)12-17(16)21(24)25/h2-7,12H,8-11H2,1H3,(H,22,23). The fourth-order valence-electron chi connectivity index (χ4n) is 3.07. The van der Waals surface area contributed by atoms with Gasteiger partial charge in [0.2, 0.25) is 0 Å². The van der Waals surface area contributed by atoms with Crippen molar-refractivity contribution in [3.05, 3.63) is 58.1 Å². The number of piperazine rings is 1. The fourth-order valence-corrected chi connectivity index (χ4v) is 3.07. The summed E-state index contributed by atoms with van der Waals surface area (Å²) in [6, 6.07) is 11.8. The highest BCUT2D eigenvalue weighted by molar-refractivity contribution is 5.89. The van der Waals surface area contributed by atoms with Crippen LogP contribution in [0.5, 0.6) is 5.75 Å². The number of ether oxygens (including phenoxy) is 1. The lowest BCUT2D eigenvalue weighted by molar-refractivity contribution is -0.384. The van der Waals surface area contributed by atoms with Gasteiger partial charge in [-0.3, -0.25) is 10.1 Å². The van der Waals surface area contributed by atoms with Crippen molar-refractivity contribution in [2.45, 2.75) is 0 Å². The molecule has 136 valence electrons. The van der Waals surface area contributed by atoms with Crippen LogP contribution in [-0.4, -0.2) is 49.3 Å². The Balaban J connectivity index is 1.75. The molecule has 0 spiro atoms. The highest BCUT2D eigenvalue weighted by atomic mass is 16.6. The van der Waals surface area contributed by atoms with Crippen LogP contribution in [0.1, 0.15) is 10.4 Å². The lowest BCUT2D eigenvalue weighted by Gasteiger charge is -2.37. The quantitative estimate of drug-likeness (QED) is 0.649. The summed E-state index contributed by atoms with van der Waals surface area (Å²) in [6.07, 6.45) is 0. The summed E-state index contributed by atoms with van der Waals surface area (Å²) in [5.41, 5.74) is 1.26. The summed E-state index contributed by atoms with van der Waals surface area (Å²) in [4.78, 5) is 26.0. The number of anilines is 2. The second-order valence-corrected chi connectivity index (χ2v) is 5.94. The molecule has 1 saturated heterocycles. The van der Waals surface area contributed by atoms with Gasteiger partial charge < -0.3 is 19.6 Å². The molecular formula is C18H19N3O5. The van der Waals surface area contributed by atoms with Gasteiger partial charge in [-0.25, -0.2) is 4.79 Å². The molecule has 2 aromatic rings. The summed E-state index contributed by atoms with van der Waals surface area (Å²) >= 11 is 0. The predicted octanol–water partition coefficient (Wildman–Crippen LogP) is 2.63. The van der Waals surface area contributed by atoms with E-state index in [4.69, 9.17) is 9.84 Å². The number of aromatic carboxylic acids is 1. The number of nitro benzene ring substituents is 1. The Bertz CT molecular complexity index is 814. The molecule has 1 aliphatic heterocycles. The van der Waals surface area contributed by atoms with Crippen molar-refractivity contribution in [1.82, 2.24) is 0 Å². The lowest BCUT2D eigenvalue weighted by Crippen LogP contribution is -2.46. The largest absolute Gasteiger partial charge is 0.497 e. The van der Waals surface area contributed by atoms with Crippen LogP contribution in [0, 0.1) is 10.1 Å². The van der Waals surface area contributed by atoms with Gasteiger partial charge in [-0.05, 0) is 36.4 Å². The molecule has 0 aromatic heterocycles. The van der Waals surface area contributed by atoms with Gasteiger partial charge >= 0.3 is 5.97 Å². The molecule has 0 aliphatic carbocycles. The summed E-state index contributed by atoms with van der Waals surface area (Å²) in [5, 5.41) is 20.4. The Morgan fingerprint density at radius 1 is 1.08 bits per heavy atom. The van der Waals surface area contributed by atoms with Crippen LogP contribution in [0.25, 0.3) is 0 Å². The van der Waals surface area contributed by atoms with Crippen LogP contribution >= 0.6 is 0 Å². The maximum atomic E-state index is 11.3. The van der Waals surface area contributed by atoms with Crippen LogP contribution in [0.2, 0.25) is 0 Å². The van der Waals surface area contributed by atoms with Crippen LogP contribution in [0.4, 0.5) is 17.1 Å². The van der Waals surface area contributed by atoms with Gasteiger partial charge in [0.25, 0.3) is 5.69 Å². The number of methoxy groups -OCH3 is 1. The maximum absolute atomic E-state index is 11.3. The molecule has 8 nitrogen and oxygen atoms in total. The molecule has 1 heterocycles. The van der Waals surface area contributed by atoms with E-state index in [-0.39, 0.29) is 11.3 Å². The van der Waals surface area contributed by atoms with Crippen LogP contribution in [-0.2, 0) is 0 Å². The maximum Gasteiger partial charge on any atom is 0.335 e. The number of carboxylic acid groups (broad SMARTS) is 1. The molecule has 0 atom stereocenters. The molecule has 2 aromatic carbocycles. The Morgan fingerprint density at radius 2 is 1.69 bits per heavy atom. The second kappa shape index (κ2) is 7.30. The SMILES string of the molecule is COc1ccc(N2CCN(c3ccc(C(=O)O)cc3[N+](=O)[O-])CC2)cc1. The number of carbonyl (C=O) groups is 1. The molecule has 1 N–H and O–H groups in total. The van der Waals surface area contributed by atoms with E-state index < -0.39 is 10.9 Å². The molecule has 3 rings (SSSR count). The van der Waals surface area contributed by atoms with Crippen molar-refractivity contribution >= 4 is 23.0 Å². The molecule has 1 aliphatic rings. The van der Waals surface area contributed by atoms with Crippen molar-refractivity contribution in [3.63, 3.8) is 0 Å². The number of nitro groups is 1. The Hall–Kier alpha value is -3.29. The molecule has 0 amide bonds. The van der Waals surface area contributed by atoms with Gasteiger partial charge in [-0.15, -0.1) is 0 Å².